The molecule has 4 rings (SSSR count). The van der Waals surface area contributed by atoms with Gasteiger partial charge >= 0.3 is 0 Å². The van der Waals surface area contributed by atoms with Crippen LogP contribution in [0.25, 0.3) is 22.0 Å². The van der Waals surface area contributed by atoms with Crippen molar-refractivity contribution in [3.8, 4) is 5.75 Å². The molecule has 5 heteroatoms. The average Bonchev–Trinajstić information content (AvgIpc) is 3.17. The van der Waals surface area contributed by atoms with Crippen LogP contribution in [0.2, 0.25) is 0 Å². The number of allylic oxidation sites excluding steroid dienone is 1. The first-order chi connectivity index (χ1) is 14.7. The Hall–Kier alpha value is -3.44. The molecule has 0 spiro atoms. The third kappa shape index (κ3) is 3.98. The summed E-state index contributed by atoms with van der Waals surface area (Å²) >= 11 is 0. The van der Waals surface area contributed by atoms with Gasteiger partial charge in [-0.05, 0) is 58.5 Å². The lowest BCUT2D eigenvalue weighted by Crippen LogP contribution is -2.10. The summed E-state index contributed by atoms with van der Waals surface area (Å²) in [5, 5.41) is 6.91. The van der Waals surface area contributed by atoms with Crippen molar-refractivity contribution in [1.29, 1.82) is 0 Å². The number of nitrogens with zero attached hydrogens (tertiary/aromatic N) is 1. The molecule has 0 aliphatic rings. The summed E-state index contributed by atoms with van der Waals surface area (Å²) < 4.78 is 19.8. The number of hydrogen-bond acceptors (Lipinski definition) is 3. The van der Waals surface area contributed by atoms with Crippen molar-refractivity contribution in [2.45, 2.75) is 13.3 Å². The highest BCUT2D eigenvalue weighted by molar-refractivity contribution is 6.00. The van der Waals surface area contributed by atoms with Crippen LogP contribution in [0.15, 0.2) is 72.8 Å². The average molecular weight is 401 g/mol. The first kappa shape index (κ1) is 19.9. The normalized spacial score (nSPS) is 12.1. The van der Waals surface area contributed by atoms with E-state index in [1.54, 1.807) is 0 Å². The fourth-order valence-electron chi connectivity index (χ4n) is 3.71. The number of halogens is 1. The molecule has 0 bridgehead atoms. The van der Waals surface area contributed by atoms with E-state index in [0.717, 1.165) is 34.4 Å². The SMILES string of the molecule is CC/C(=C(/c1ccc(OCCN)cc1)c1ccc2[nH]nc(F)c2c1)c1ccccc1. The van der Waals surface area contributed by atoms with Gasteiger partial charge in [0, 0.05) is 6.54 Å². The first-order valence-electron chi connectivity index (χ1n) is 10.1. The Morgan fingerprint density at radius 2 is 1.70 bits per heavy atom. The molecular formula is C25H24FN3O. The molecule has 3 N–H and O–H groups in total. The van der Waals surface area contributed by atoms with E-state index in [4.69, 9.17) is 10.5 Å². The molecule has 1 aromatic heterocycles. The van der Waals surface area contributed by atoms with E-state index >= 15 is 0 Å². The minimum absolute atomic E-state index is 0.469. The summed E-state index contributed by atoms with van der Waals surface area (Å²) in [7, 11) is 0. The van der Waals surface area contributed by atoms with Crippen molar-refractivity contribution < 1.29 is 9.13 Å². The number of fused-ring (bicyclic) bond motifs is 1. The molecule has 3 aromatic carbocycles. The van der Waals surface area contributed by atoms with Gasteiger partial charge in [-0.25, -0.2) is 0 Å². The fourth-order valence-corrected chi connectivity index (χ4v) is 3.71. The number of rotatable bonds is 7. The van der Waals surface area contributed by atoms with Gasteiger partial charge in [0.15, 0.2) is 0 Å². The molecule has 152 valence electrons. The van der Waals surface area contributed by atoms with Gasteiger partial charge in [0.05, 0.1) is 10.9 Å². The Kier molecular flexibility index (Phi) is 5.91. The standard InChI is InChI=1S/C25H24FN3O/c1-2-21(17-6-4-3-5-7-17)24(18-8-11-20(12-9-18)30-15-14-27)19-10-13-23-22(16-19)25(26)29-28-23/h3-13,16H,2,14-15,27H2,1H3,(H,28,29)/b24-21+. The molecule has 4 aromatic rings. The van der Waals surface area contributed by atoms with E-state index in [9.17, 15) is 4.39 Å². The molecule has 0 fully saturated rings. The van der Waals surface area contributed by atoms with Crippen molar-refractivity contribution in [3.63, 3.8) is 0 Å². The molecular weight excluding hydrogens is 377 g/mol. The maximum atomic E-state index is 14.2. The minimum Gasteiger partial charge on any atom is -0.492 e. The second-order valence-corrected chi connectivity index (χ2v) is 7.01. The maximum absolute atomic E-state index is 14.2. The molecule has 4 nitrogen and oxygen atoms in total. The number of benzene rings is 3. The van der Waals surface area contributed by atoms with E-state index in [-0.39, 0.29) is 0 Å². The molecule has 1 heterocycles. The predicted molar refractivity (Wildman–Crippen MR) is 120 cm³/mol. The molecule has 0 aliphatic heterocycles. The highest BCUT2D eigenvalue weighted by Gasteiger charge is 2.15. The lowest BCUT2D eigenvalue weighted by Gasteiger charge is -2.17. The minimum atomic E-state index is -0.491. The summed E-state index contributed by atoms with van der Waals surface area (Å²) in [5.41, 5.74) is 11.6. The monoisotopic (exact) mass is 401 g/mol. The topological polar surface area (TPSA) is 63.9 Å². The summed E-state index contributed by atoms with van der Waals surface area (Å²) in [6, 6.07) is 24.0. The van der Waals surface area contributed by atoms with Gasteiger partial charge in [0.2, 0.25) is 5.95 Å². The van der Waals surface area contributed by atoms with Crippen LogP contribution in [0.3, 0.4) is 0 Å². The highest BCUT2D eigenvalue weighted by atomic mass is 19.1. The van der Waals surface area contributed by atoms with E-state index < -0.39 is 5.95 Å². The van der Waals surface area contributed by atoms with Crippen molar-refractivity contribution >= 4 is 22.0 Å². The summed E-state index contributed by atoms with van der Waals surface area (Å²) in [6.45, 7) is 3.08. The largest absolute Gasteiger partial charge is 0.492 e. The maximum Gasteiger partial charge on any atom is 0.240 e. The number of H-pyrrole nitrogens is 1. The molecule has 0 saturated heterocycles. The van der Waals surface area contributed by atoms with Crippen LogP contribution in [0, 0.1) is 5.95 Å². The Balaban J connectivity index is 1.90. The van der Waals surface area contributed by atoms with Crippen molar-refractivity contribution in [1.82, 2.24) is 10.2 Å². The summed E-state index contributed by atoms with van der Waals surface area (Å²) in [5.74, 6) is 0.284. The van der Waals surface area contributed by atoms with Crippen LogP contribution in [-0.4, -0.2) is 23.3 Å². The summed E-state index contributed by atoms with van der Waals surface area (Å²) in [4.78, 5) is 0. The van der Waals surface area contributed by atoms with Crippen LogP contribution >= 0.6 is 0 Å². The van der Waals surface area contributed by atoms with Crippen LogP contribution in [-0.2, 0) is 0 Å². The third-order valence-corrected chi connectivity index (χ3v) is 5.11. The van der Waals surface area contributed by atoms with E-state index in [0.29, 0.717) is 24.1 Å². The molecule has 0 unspecified atom stereocenters. The first-order valence-corrected chi connectivity index (χ1v) is 10.1. The van der Waals surface area contributed by atoms with Crippen molar-refractivity contribution in [2.24, 2.45) is 5.73 Å². The van der Waals surface area contributed by atoms with Gasteiger partial charge in [-0.1, -0.05) is 55.5 Å². The van der Waals surface area contributed by atoms with Crippen LogP contribution < -0.4 is 10.5 Å². The van der Waals surface area contributed by atoms with Gasteiger partial charge in [0.1, 0.15) is 12.4 Å². The second-order valence-electron chi connectivity index (χ2n) is 7.01. The number of nitrogens with two attached hydrogens (primary N) is 1. The van der Waals surface area contributed by atoms with E-state index in [1.807, 2.05) is 60.7 Å². The smallest absolute Gasteiger partial charge is 0.240 e. The Morgan fingerprint density at radius 1 is 0.967 bits per heavy atom. The molecule has 0 amide bonds. The molecule has 0 radical (unpaired) electrons. The number of aromatic nitrogens is 2. The highest BCUT2D eigenvalue weighted by Crippen LogP contribution is 2.36. The van der Waals surface area contributed by atoms with Crippen LogP contribution in [0.1, 0.15) is 30.0 Å². The number of ether oxygens (including phenoxy) is 1. The van der Waals surface area contributed by atoms with Gasteiger partial charge in [-0.2, -0.15) is 4.39 Å². The summed E-state index contributed by atoms with van der Waals surface area (Å²) in [6.07, 6.45) is 0.830. The molecule has 0 aliphatic carbocycles. The Morgan fingerprint density at radius 3 is 2.40 bits per heavy atom. The van der Waals surface area contributed by atoms with Gasteiger partial charge in [0.25, 0.3) is 0 Å². The van der Waals surface area contributed by atoms with Gasteiger partial charge < -0.3 is 10.5 Å². The lowest BCUT2D eigenvalue weighted by atomic mass is 9.88. The number of nitrogens with one attached hydrogen (secondary N) is 1. The third-order valence-electron chi connectivity index (χ3n) is 5.11. The van der Waals surface area contributed by atoms with E-state index in [2.05, 4.69) is 29.3 Å². The van der Waals surface area contributed by atoms with Crippen molar-refractivity contribution in [2.75, 3.05) is 13.2 Å². The zero-order valence-electron chi connectivity index (χ0n) is 16.9. The second kappa shape index (κ2) is 8.93. The zero-order chi connectivity index (χ0) is 20.9. The molecule has 30 heavy (non-hydrogen) atoms. The molecule has 0 saturated carbocycles. The van der Waals surface area contributed by atoms with Gasteiger partial charge in [-0.3, -0.25) is 5.10 Å². The van der Waals surface area contributed by atoms with Crippen molar-refractivity contribution in [3.05, 3.63) is 95.4 Å². The Labute approximate surface area is 175 Å². The number of hydrogen-bond donors (Lipinski definition) is 2. The van der Waals surface area contributed by atoms with Crippen LogP contribution in [0.5, 0.6) is 5.75 Å². The predicted octanol–water partition coefficient (Wildman–Crippen LogP) is 5.41. The lowest BCUT2D eigenvalue weighted by molar-refractivity contribution is 0.328. The van der Waals surface area contributed by atoms with E-state index in [1.165, 1.54) is 5.57 Å². The van der Waals surface area contributed by atoms with Crippen LogP contribution in [0.4, 0.5) is 4.39 Å². The Bertz CT molecular complexity index is 1160. The molecule has 0 atom stereocenters. The zero-order valence-corrected chi connectivity index (χ0v) is 16.9. The fraction of sp³-hybridized carbons (Fsp3) is 0.160. The number of aromatic amines is 1. The quantitative estimate of drug-likeness (QED) is 0.407. The van der Waals surface area contributed by atoms with Gasteiger partial charge in [-0.15, -0.1) is 5.10 Å².